The second kappa shape index (κ2) is 11.0. The molecule has 0 radical (unpaired) electrons. The van der Waals surface area contributed by atoms with Gasteiger partial charge in [-0.15, -0.1) is 0 Å². The Hall–Kier alpha value is -4.86. The summed E-state index contributed by atoms with van der Waals surface area (Å²) in [4.78, 5) is 47.6. The fourth-order valence-electron chi connectivity index (χ4n) is 5.86. The highest BCUT2D eigenvalue weighted by Gasteiger charge is 2.27. The molecule has 210 valence electrons. The number of aromatic amines is 1. The Morgan fingerprint density at radius 2 is 1.93 bits per heavy atom. The van der Waals surface area contributed by atoms with Crippen LogP contribution in [0.25, 0.3) is 27.6 Å². The van der Waals surface area contributed by atoms with E-state index in [2.05, 4.69) is 15.3 Å². The summed E-state index contributed by atoms with van der Waals surface area (Å²) in [7, 11) is 1.27. The number of nitrogens with one attached hydrogen (secondary N) is 2. The first-order valence-corrected chi connectivity index (χ1v) is 13.8. The largest absolute Gasteiger partial charge is 0.508 e. The number of aromatic hydroxyl groups is 1. The average Bonchev–Trinajstić information content (AvgIpc) is 3.54. The SMILES string of the molecule is COC(=O)[C@H](Cc1c[nH]c2ccc(O)cc12)NC(=O)c1ccc2c(c1)c(=O)n(C1CCCCC1)n2-c1ccccn1. The molecular formula is C31H31N5O5. The summed E-state index contributed by atoms with van der Waals surface area (Å²) in [6.45, 7) is 0. The summed E-state index contributed by atoms with van der Waals surface area (Å²) in [6, 6.07) is 14.6. The fraction of sp³-hybridized carbons (Fsp3) is 0.290. The van der Waals surface area contributed by atoms with E-state index >= 15 is 0 Å². The summed E-state index contributed by atoms with van der Waals surface area (Å²) >= 11 is 0. The minimum Gasteiger partial charge on any atom is -0.508 e. The topological polar surface area (TPSA) is 131 Å². The van der Waals surface area contributed by atoms with Gasteiger partial charge in [-0.3, -0.25) is 9.59 Å². The lowest BCUT2D eigenvalue weighted by molar-refractivity contribution is -0.142. The number of methoxy groups -OCH3 is 1. The van der Waals surface area contributed by atoms with Gasteiger partial charge in [0.2, 0.25) is 0 Å². The summed E-state index contributed by atoms with van der Waals surface area (Å²) in [5.74, 6) is -0.367. The highest BCUT2D eigenvalue weighted by Crippen LogP contribution is 2.30. The molecule has 1 fully saturated rings. The van der Waals surface area contributed by atoms with Gasteiger partial charge in [-0.25, -0.2) is 19.1 Å². The smallest absolute Gasteiger partial charge is 0.328 e. The van der Waals surface area contributed by atoms with Gasteiger partial charge in [-0.05, 0) is 66.9 Å². The van der Waals surface area contributed by atoms with Crippen molar-refractivity contribution in [2.45, 2.75) is 50.6 Å². The number of fused-ring (bicyclic) bond motifs is 2. The van der Waals surface area contributed by atoms with Crippen LogP contribution in [0.4, 0.5) is 0 Å². The molecule has 0 bridgehead atoms. The highest BCUT2D eigenvalue weighted by molar-refractivity contribution is 6.00. The van der Waals surface area contributed by atoms with Crippen LogP contribution in [0.1, 0.15) is 54.1 Å². The van der Waals surface area contributed by atoms with E-state index in [4.69, 9.17) is 4.74 Å². The van der Waals surface area contributed by atoms with E-state index in [1.54, 1.807) is 53.5 Å². The number of phenolic OH excluding ortho intramolecular Hbond substituents is 1. The molecule has 2 aromatic carbocycles. The lowest BCUT2D eigenvalue weighted by atomic mass is 9.96. The van der Waals surface area contributed by atoms with Crippen molar-refractivity contribution < 1.29 is 19.4 Å². The minimum absolute atomic E-state index is 0.0437. The second-order valence-electron chi connectivity index (χ2n) is 10.5. The Kier molecular flexibility index (Phi) is 7.05. The minimum atomic E-state index is -0.985. The number of hydrogen-bond donors (Lipinski definition) is 3. The molecule has 1 saturated carbocycles. The van der Waals surface area contributed by atoms with Gasteiger partial charge in [0.25, 0.3) is 11.5 Å². The molecule has 6 rings (SSSR count). The molecule has 1 aliphatic rings. The first-order valence-electron chi connectivity index (χ1n) is 13.8. The van der Waals surface area contributed by atoms with Crippen LogP contribution in [0.3, 0.4) is 0 Å². The molecule has 1 atom stereocenters. The predicted octanol–water partition coefficient (Wildman–Crippen LogP) is 4.39. The van der Waals surface area contributed by atoms with Crippen molar-refractivity contribution in [1.82, 2.24) is 24.6 Å². The number of esters is 1. The van der Waals surface area contributed by atoms with Crippen LogP contribution >= 0.6 is 0 Å². The van der Waals surface area contributed by atoms with Gasteiger partial charge in [-0.2, -0.15) is 0 Å². The number of carbonyl (C=O) groups is 2. The van der Waals surface area contributed by atoms with Crippen molar-refractivity contribution >= 4 is 33.7 Å². The fourth-order valence-corrected chi connectivity index (χ4v) is 5.86. The number of ether oxygens (including phenoxy) is 1. The van der Waals surface area contributed by atoms with Crippen molar-refractivity contribution in [3.05, 3.63) is 88.5 Å². The molecule has 10 heteroatoms. The molecule has 0 saturated heterocycles. The Balaban J connectivity index is 1.35. The Morgan fingerprint density at radius 3 is 2.68 bits per heavy atom. The van der Waals surface area contributed by atoms with Gasteiger partial charge in [0, 0.05) is 35.3 Å². The quantitative estimate of drug-likeness (QED) is 0.256. The van der Waals surface area contributed by atoms with Crippen LogP contribution in [0.15, 0.2) is 71.8 Å². The van der Waals surface area contributed by atoms with Crippen LogP contribution in [0.2, 0.25) is 0 Å². The third-order valence-corrected chi connectivity index (χ3v) is 7.89. The number of carbonyl (C=O) groups excluding carboxylic acids is 2. The first-order chi connectivity index (χ1) is 19.9. The molecule has 3 N–H and O–H groups in total. The second-order valence-corrected chi connectivity index (χ2v) is 10.5. The molecular weight excluding hydrogens is 522 g/mol. The zero-order valence-corrected chi connectivity index (χ0v) is 22.7. The van der Waals surface area contributed by atoms with Crippen LogP contribution < -0.4 is 10.9 Å². The van der Waals surface area contributed by atoms with Crippen molar-refractivity contribution in [2.75, 3.05) is 7.11 Å². The molecule has 10 nitrogen and oxygen atoms in total. The number of rotatable bonds is 7. The van der Waals surface area contributed by atoms with Crippen LogP contribution in [-0.2, 0) is 16.0 Å². The standard InChI is InChI=1S/C31H31N5O5/c1-41-31(40)26(16-20-18-33-25-12-11-22(37)17-23(20)25)34-29(38)19-10-13-27-24(15-19)30(39)35(21-7-3-2-4-8-21)36(27)28-9-5-6-14-32-28/h5-6,9-15,17-18,21,26,33,37H,2-4,7-8,16H2,1H3,(H,34,38)/t26-/m0/s1. The zero-order chi connectivity index (χ0) is 28.5. The molecule has 3 aromatic heterocycles. The Bertz CT molecular complexity index is 1800. The van der Waals surface area contributed by atoms with E-state index in [1.165, 1.54) is 7.11 Å². The number of aromatic nitrogens is 4. The summed E-state index contributed by atoms with van der Waals surface area (Å²) in [5.41, 5.74) is 2.29. The zero-order valence-electron chi connectivity index (χ0n) is 22.7. The molecule has 41 heavy (non-hydrogen) atoms. The third kappa shape index (κ3) is 4.97. The van der Waals surface area contributed by atoms with E-state index in [0.29, 0.717) is 16.7 Å². The Labute approximate surface area is 235 Å². The molecule has 1 amide bonds. The van der Waals surface area contributed by atoms with E-state index in [9.17, 15) is 19.5 Å². The molecule has 1 aliphatic carbocycles. The maximum absolute atomic E-state index is 13.8. The number of phenols is 1. The number of hydrogen-bond acceptors (Lipinski definition) is 6. The number of benzene rings is 2. The molecule has 5 aromatic rings. The molecule has 0 spiro atoms. The summed E-state index contributed by atoms with van der Waals surface area (Å²) < 4.78 is 8.63. The first kappa shape index (κ1) is 26.4. The van der Waals surface area contributed by atoms with Gasteiger partial charge in [0.05, 0.1) is 24.1 Å². The summed E-state index contributed by atoms with van der Waals surface area (Å²) in [6.07, 6.45) is 8.66. The average molecular weight is 554 g/mol. The van der Waals surface area contributed by atoms with Crippen molar-refractivity contribution in [2.24, 2.45) is 0 Å². The number of pyridine rings is 1. The Morgan fingerprint density at radius 1 is 1.10 bits per heavy atom. The molecule has 0 aliphatic heterocycles. The molecule has 3 heterocycles. The van der Waals surface area contributed by atoms with Crippen LogP contribution in [0, 0.1) is 0 Å². The van der Waals surface area contributed by atoms with Gasteiger partial charge < -0.3 is 20.1 Å². The van der Waals surface area contributed by atoms with E-state index in [-0.39, 0.29) is 29.3 Å². The van der Waals surface area contributed by atoms with E-state index < -0.39 is 17.9 Å². The van der Waals surface area contributed by atoms with Gasteiger partial charge in [-0.1, -0.05) is 25.3 Å². The van der Waals surface area contributed by atoms with Crippen LogP contribution in [-0.4, -0.2) is 49.5 Å². The lowest BCUT2D eigenvalue weighted by Crippen LogP contribution is -2.43. The molecule has 0 unspecified atom stereocenters. The lowest BCUT2D eigenvalue weighted by Gasteiger charge is -2.25. The number of amides is 1. The monoisotopic (exact) mass is 553 g/mol. The maximum Gasteiger partial charge on any atom is 0.328 e. The van der Waals surface area contributed by atoms with Crippen molar-refractivity contribution in [1.29, 1.82) is 0 Å². The van der Waals surface area contributed by atoms with Crippen molar-refractivity contribution in [3.63, 3.8) is 0 Å². The predicted molar refractivity (Wildman–Crippen MR) is 154 cm³/mol. The van der Waals surface area contributed by atoms with Crippen LogP contribution in [0.5, 0.6) is 5.75 Å². The van der Waals surface area contributed by atoms with Gasteiger partial charge >= 0.3 is 5.97 Å². The highest BCUT2D eigenvalue weighted by atomic mass is 16.5. The normalized spacial score (nSPS) is 14.8. The van der Waals surface area contributed by atoms with E-state index in [0.717, 1.165) is 48.6 Å². The van der Waals surface area contributed by atoms with Crippen molar-refractivity contribution in [3.8, 4) is 11.6 Å². The van der Waals surface area contributed by atoms with Gasteiger partial charge in [0.1, 0.15) is 11.8 Å². The maximum atomic E-state index is 13.8. The summed E-state index contributed by atoms with van der Waals surface area (Å²) in [5, 5.41) is 13.9. The van der Waals surface area contributed by atoms with Gasteiger partial charge in [0.15, 0.2) is 5.82 Å². The number of nitrogens with zero attached hydrogens (tertiary/aromatic N) is 3. The number of H-pyrrole nitrogens is 1. The van der Waals surface area contributed by atoms with E-state index in [1.807, 2.05) is 22.9 Å². The third-order valence-electron chi connectivity index (χ3n) is 7.89.